The molecule has 0 saturated carbocycles. The molecule has 0 atom stereocenters. The van der Waals surface area contributed by atoms with Gasteiger partial charge in [0.05, 0.1) is 16.5 Å². The van der Waals surface area contributed by atoms with E-state index in [4.69, 9.17) is 16.3 Å². The Morgan fingerprint density at radius 3 is 2.65 bits per heavy atom. The van der Waals surface area contributed by atoms with Crippen molar-refractivity contribution in [3.8, 4) is 5.75 Å². The van der Waals surface area contributed by atoms with Gasteiger partial charge in [-0.25, -0.2) is 0 Å². The van der Waals surface area contributed by atoms with Gasteiger partial charge in [0.25, 0.3) is 0 Å². The van der Waals surface area contributed by atoms with Gasteiger partial charge in [0.15, 0.2) is 11.0 Å². The Labute approximate surface area is 160 Å². The van der Waals surface area contributed by atoms with Gasteiger partial charge in [-0.2, -0.15) is 0 Å². The van der Waals surface area contributed by atoms with Crippen LogP contribution in [0, 0.1) is 0 Å². The number of hydrogen-bond donors (Lipinski definition) is 1. The maximum Gasteiger partial charge on any atom is 0.234 e. The number of para-hydroxylation sites is 2. The van der Waals surface area contributed by atoms with Gasteiger partial charge in [0.2, 0.25) is 5.91 Å². The van der Waals surface area contributed by atoms with Crippen molar-refractivity contribution in [1.82, 2.24) is 14.8 Å². The standard InChI is InChI=1S/C18H17ClN4O2S/c1-23-16(11-25-13-7-3-2-4-8-13)21-22-18(23)26-12-17(24)20-15-10-6-5-9-14(15)19/h2-10H,11-12H2,1H3,(H,20,24). The highest BCUT2D eigenvalue weighted by Crippen LogP contribution is 2.22. The summed E-state index contributed by atoms with van der Waals surface area (Å²) in [7, 11) is 1.85. The predicted octanol–water partition coefficient (Wildman–Crippen LogP) is 3.78. The molecule has 0 unspecified atom stereocenters. The first-order chi connectivity index (χ1) is 12.6. The molecule has 0 aliphatic rings. The Morgan fingerprint density at radius 2 is 1.88 bits per heavy atom. The Bertz CT molecular complexity index is 886. The van der Waals surface area contributed by atoms with Crippen LogP contribution in [0.2, 0.25) is 5.02 Å². The lowest BCUT2D eigenvalue weighted by Gasteiger charge is -2.07. The Kier molecular flexibility index (Phi) is 6.14. The molecule has 1 heterocycles. The number of carbonyl (C=O) groups is 1. The first kappa shape index (κ1) is 18.3. The van der Waals surface area contributed by atoms with Crippen LogP contribution in [0.25, 0.3) is 0 Å². The number of aromatic nitrogens is 3. The number of carbonyl (C=O) groups excluding carboxylic acids is 1. The number of nitrogens with zero attached hydrogens (tertiary/aromatic N) is 3. The van der Waals surface area contributed by atoms with Gasteiger partial charge < -0.3 is 14.6 Å². The molecule has 26 heavy (non-hydrogen) atoms. The van der Waals surface area contributed by atoms with Crippen LogP contribution < -0.4 is 10.1 Å². The predicted molar refractivity (Wildman–Crippen MR) is 103 cm³/mol. The number of nitrogens with one attached hydrogen (secondary N) is 1. The average Bonchev–Trinajstić information content (AvgIpc) is 3.01. The summed E-state index contributed by atoms with van der Waals surface area (Å²) in [4.78, 5) is 12.1. The van der Waals surface area contributed by atoms with E-state index in [1.54, 1.807) is 12.1 Å². The zero-order chi connectivity index (χ0) is 18.4. The number of thioether (sulfide) groups is 1. The van der Waals surface area contributed by atoms with Gasteiger partial charge in [-0.3, -0.25) is 4.79 Å². The molecule has 0 saturated heterocycles. The van der Waals surface area contributed by atoms with E-state index in [9.17, 15) is 4.79 Å². The summed E-state index contributed by atoms with van der Waals surface area (Å²) in [6.07, 6.45) is 0. The molecule has 0 aliphatic heterocycles. The molecule has 0 radical (unpaired) electrons. The number of hydrogen-bond acceptors (Lipinski definition) is 5. The van der Waals surface area contributed by atoms with Crippen LogP contribution in [0.4, 0.5) is 5.69 Å². The third-order valence-corrected chi connectivity index (χ3v) is 4.87. The molecule has 0 spiro atoms. The number of rotatable bonds is 7. The molecule has 0 bridgehead atoms. The molecule has 1 amide bonds. The molecule has 8 heteroatoms. The summed E-state index contributed by atoms with van der Waals surface area (Å²) in [5.41, 5.74) is 0.592. The van der Waals surface area contributed by atoms with Gasteiger partial charge >= 0.3 is 0 Å². The summed E-state index contributed by atoms with van der Waals surface area (Å²) in [5.74, 6) is 1.50. The maximum atomic E-state index is 12.1. The minimum atomic E-state index is -0.159. The van der Waals surface area contributed by atoms with Crippen LogP contribution in [0.1, 0.15) is 5.82 Å². The molecule has 2 aromatic carbocycles. The molecule has 3 rings (SSSR count). The van der Waals surface area contributed by atoms with Crippen LogP contribution in [0.3, 0.4) is 0 Å². The van der Waals surface area contributed by atoms with Crippen molar-refractivity contribution >= 4 is 35.0 Å². The molecule has 6 nitrogen and oxygen atoms in total. The largest absolute Gasteiger partial charge is 0.486 e. The number of benzene rings is 2. The highest BCUT2D eigenvalue weighted by Gasteiger charge is 2.12. The quantitative estimate of drug-likeness (QED) is 0.624. The van der Waals surface area contributed by atoms with E-state index in [0.717, 1.165) is 5.75 Å². The molecule has 1 N–H and O–H groups in total. The van der Waals surface area contributed by atoms with Crippen molar-refractivity contribution in [2.24, 2.45) is 7.05 Å². The van der Waals surface area contributed by atoms with E-state index in [2.05, 4.69) is 15.5 Å². The SMILES string of the molecule is Cn1c(COc2ccccc2)nnc1SCC(=O)Nc1ccccc1Cl. The van der Waals surface area contributed by atoms with Gasteiger partial charge in [-0.05, 0) is 24.3 Å². The molecule has 3 aromatic rings. The Balaban J connectivity index is 1.53. The first-order valence-electron chi connectivity index (χ1n) is 7.87. The summed E-state index contributed by atoms with van der Waals surface area (Å²) in [6.45, 7) is 0.305. The minimum Gasteiger partial charge on any atom is -0.486 e. The second-order valence-electron chi connectivity index (χ2n) is 5.38. The fourth-order valence-corrected chi connectivity index (χ4v) is 3.05. The third-order valence-electron chi connectivity index (χ3n) is 3.52. The van der Waals surface area contributed by atoms with E-state index in [0.29, 0.717) is 28.3 Å². The van der Waals surface area contributed by atoms with Crippen molar-refractivity contribution < 1.29 is 9.53 Å². The van der Waals surface area contributed by atoms with Crippen LogP contribution in [-0.4, -0.2) is 26.4 Å². The topological polar surface area (TPSA) is 69.0 Å². The van der Waals surface area contributed by atoms with Gasteiger partial charge in [0, 0.05) is 7.05 Å². The molecule has 134 valence electrons. The van der Waals surface area contributed by atoms with Crippen LogP contribution in [-0.2, 0) is 18.4 Å². The molecule has 0 fully saturated rings. The lowest BCUT2D eigenvalue weighted by molar-refractivity contribution is -0.113. The number of halogens is 1. The van der Waals surface area contributed by atoms with Crippen molar-refractivity contribution in [3.63, 3.8) is 0 Å². The minimum absolute atomic E-state index is 0.159. The highest BCUT2D eigenvalue weighted by molar-refractivity contribution is 7.99. The summed E-state index contributed by atoms with van der Waals surface area (Å²) in [5, 5.41) is 12.2. The number of amides is 1. The van der Waals surface area contributed by atoms with E-state index in [-0.39, 0.29) is 11.7 Å². The maximum absolute atomic E-state index is 12.1. The monoisotopic (exact) mass is 388 g/mol. The van der Waals surface area contributed by atoms with Crippen molar-refractivity contribution in [2.45, 2.75) is 11.8 Å². The molecule has 1 aromatic heterocycles. The van der Waals surface area contributed by atoms with Crippen LogP contribution in [0.15, 0.2) is 59.8 Å². The van der Waals surface area contributed by atoms with Crippen LogP contribution in [0.5, 0.6) is 5.75 Å². The van der Waals surface area contributed by atoms with E-state index >= 15 is 0 Å². The fourth-order valence-electron chi connectivity index (χ4n) is 2.14. The lowest BCUT2D eigenvalue weighted by atomic mass is 10.3. The second kappa shape index (κ2) is 8.73. The molecular formula is C18H17ClN4O2S. The lowest BCUT2D eigenvalue weighted by Crippen LogP contribution is -2.14. The van der Waals surface area contributed by atoms with Crippen LogP contribution >= 0.6 is 23.4 Å². The van der Waals surface area contributed by atoms with Gasteiger partial charge in [-0.15, -0.1) is 10.2 Å². The summed E-state index contributed by atoms with van der Waals surface area (Å²) < 4.78 is 7.49. The number of anilines is 1. The van der Waals surface area contributed by atoms with Crippen molar-refractivity contribution in [1.29, 1.82) is 0 Å². The Morgan fingerprint density at radius 1 is 1.15 bits per heavy atom. The molecule has 0 aliphatic carbocycles. The van der Waals surface area contributed by atoms with E-state index in [1.807, 2.05) is 54.1 Å². The van der Waals surface area contributed by atoms with E-state index in [1.165, 1.54) is 11.8 Å². The van der Waals surface area contributed by atoms with Crippen molar-refractivity contribution in [2.75, 3.05) is 11.1 Å². The third kappa shape index (κ3) is 4.77. The molecular weight excluding hydrogens is 372 g/mol. The normalized spacial score (nSPS) is 10.5. The summed E-state index contributed by atoms with van der Waals surface area (Å²) in [6, 6.07) is 16.6. The number of ether oxygens (including phenoxy) is 1. The van der Waals surface area contributed by atoms with Crippen molar-refractivity contribution in [3.05, 3.63) is 65.4 Å². The van der Waals surface area contributed by atoms with E-state index < -0.39 is 0 Å². The zero-order valence-electron chi connectivity index (χ0n) is 14.1. The average molecular weight is 389 g/mol. The second-order valence-corrected chi connectivity index (χ2v) is 6.73. The van der Waals surface area contributed by atoms with Gasteiger partial charge in [0.1, 0.15) is 12.4 Å². The first-order valence-corrected chi connectivity index (χ1v) is 9.23. The zero-order valence-corrected chi connectivity index (χ0v) is 15.6. The summed E-state index contributed by atoms with van der Waals surface area (Å²) >= 11 is 7.34. The smallest absolute Gasteiger partial charge is 0.234 e. The highest BCUT2D eigenvalue weighted by atomic mass is 35.5. The fraction of sp³-hybridized carbons (Fsp3) is 0.167. The Hall–Kier alpha value is -2.51. The van der Waals surface area contributed by atoms with Gasteiger partial charge in [-0.1, -0.05) is 53.7 Å².